The van der Waals surface area contributed by atoms with Crippen LogP contribution in [0.15, 0.2) is 0 Å². The zero-order valence-corrected chi connectivity index (χ0v) is 10.2. The smallest absolute Gasteiger partial charge is 0.326 e. The molecule has 2 atom stereocenters. The second-order valence-corrected chi connectivity index (χ2v) is 5.09. The van der Waals surface area contributed by atoms with Gasteiger partial charge in [0.05, 0.1) is 0 Å². The lowest BCUT2D eigenvalue weighted by atomic mass is 9.86. The van der Waals surface area contributed by atoms with Gasteiger partial charge in [-0.3, -0.25) is 4.79 Å². The lowest BCUT2D eigenvalue weighted by Gasteiger charge is -2.32. The van der Waals surface area contributed by atoms with E-state index in [2.05, 4.69) is 0 Å². The molecular weight excluding hydrogens is 178 g/mol. The second-order valence-electron chi connectivity index (χ2n) is 5.09. The Morgan fingerprint density at radius 3 is 2.07 bits per heavy atom. The molecule has 0 aromatic rings. The highest BCUT2D eigenvalue weighted by Gasteiger charge is 2.37. The SMILES string of the molecule is CCC(C)C(C)(N)C(=O)OC(C)(C)C. The first-order valence-corrected chi connectivity index (χ1v) is 5.13. The summed E-state index contributed by atoms with van der Waals surface area (Å²) in [5, 5.41) is 0. The Morgan fingerprint density at radius 2 is 1.79 bits per heavy atom. The maximum Gasteiger partial charge on any atom is 0.326 e. The van der Waals surface area contributed by atoms with Gasteiger partial charge in [0.25, 0.3) is 0 Å². The molecule has 0 amide bonds. The minimum Gasteiger partial charge on any atom is -0.459 e. The van der Waals surface area contributed by atoms with Gasteiger partial charge in [0, 0.05) is 0 Å². The molecule has 0 bridgehead atoms. The third kappa shape index (κ3) is 3.66. The van der Waals surface area contributed by atoms with Gasteiger partial charge in [-0.1, -0.05) is 20.3 Å². The van der Waals surface area contributed by atoms with Crippen molar-refractivity contribution in [1.82, 2.24) is 0 Å². The topological polar surface area (TPSA) is 52.3 Å². The lowest BCUT2D eigenvalue weighted by molar-refractivity contribution is -0.163. The van der Waals surface area contributed by atoms with Crippen molar-refractivity contribution < 1.29 is 9.53 Å². The molecule has 0 aliphatic carbocycles. The van der Waals surface area contributed by atoms with E-state index >= 15 is 0 Å². The number of ether oxygens (including phenoxy) is 1. The van der Waals surface area contributed by atoms with Gasteiger partial charge >= 0.3 is 5.97 Å². The standard InChI is InChI=1S/C11H23NO2/c1-7-8(2)11(6,12)9(13)14-10(3,4)5/h8H,7,12H2,1-6H3. The summed E-state index contributed by atoms with van der Waals surface area (Å²) in [7, 11) is 0. The minimum absolute atomic E-state index is 0.123. The van der Waals surface area contributed by atoms with Crippen LogP contribution < -0.4 is 5.73 Å². The maximum absolute atomic E-state index is 11.7. The third-order valence-corrected chi connectivity index (χ3v) is 2.47. The lowest BCUT2D eigenvalue weighted by Crippen LogP contribution is -2.53. The fourth-order valence-corrected chi connectivity index (χ4v) is 1.01. The van der Waals surface area contributed by atoms with Crippen molar-refractivity contribution in [1.29, 1.82) is 0 Å². The molecule has 0 aromatic carbocycles. The van der Waals surface area contributed by atoms with E-state index in [1.165, 1.54) is 0 Å². The van der Waals surface area contributed by atoms with Gasteiger partial charge in [-0.25, -0.2) is 0 Å². The van der Waals surface area contributed by atoms with Crippen molar-refractivity contribution in [2.24, 2.45) is 11.7 Å². The van der Waals surface area contributed by atoms with Crippen LogP contribution in [-0.2, 0) is 9.53 Å². The molecule has 0 saturated heterocycles. The number of carbonyl (C=O) groups excluding carboxylic acids is 1. The first kappa shape index (κ1) is 13.4. The summed E-state index contributed by atoms with van der Waals surface area (Å²) in [5.74, 6) is -0.198. The second kappa shape index (κ2) is 4.30. The third-order valence-electron chi connectivity index (χ3n) is 2.47. The average Bonchev–Trinajstić information content (AvgIpc) is 1.99. The van der Waals surface area contributed by atoms with Crippen LogP contribution in [0.5, 0.6) is 0 Å². The Balaban J connectivity index is 4.52. The van der Waals surface area contributed by atoms with E-state index in [0.717, 1.165) is 6.42 Å². The highest BCUT2D eigenvalue weighted by molar-refractivity contribution is 5.80. The van der Waals surface area contributed by atoms with Gasteiger partial charge in [0.2, 0.25) is 0 Å². The van der Waals surface area contributed by atoms with Crippen LogP contribution in [0, 0.1) is 5.92 Å². The molecule has 2 unspecified atom stereocenters. The zero-order valence-electron chi connectivity index (χ0n) is 10.2. The molecule has 0 radical (unpaired) electrons. The average molecular weight is 201 g/mol. The van der Waals surface area contributed by atoms with Crippen LogP contribution in [0.2, 0.25) is 0 Å². The molecule has 0 aliphatic rings. The van der Waals surface area contributed by atoms with E-state index < -0.39 is 11.1 Å². The molecule has 14 heavy (non-hydrogen) atoms. The summed E-state index contributed by atoms with van der Waals surface area (Å²) in [6.45, 7) is 11.2. The summed E-state index contributed by atoms with van der Waals surface area (Å²) < 4.78 is 5.26. The maximum atomic E-state index is 11.7. The summed E-state index contributed by atoms with van der Waals surface area (Å²) >= 11 is 0. The predicted octanol–water partition coefficient (Wildman–Crippen LogP) is 2.09. The number of hydrogen-bond donors (Lipinski definition) is 1. The van der Waals surface area contributed by atoms with Crippen LogP contribution in [0.1, 0.15) is 48.0 Å². The van der Waals surface area contributed by atoms with Crippen molar-refractivity contribution in [2.75, 3.05) is 0 Å². The molecule has 0 heterocycles. The highest BCUT2D eigenvalue weighted by atomic mass is 16.6. The summed E-state index contributed by atoms with van der Waals surface area (Å²) in [4.78, 5) is 11.7. The Labute approximate surface area is 87.0 Å². The van der Waals surface area contributed by atoms with Crippen LogP contribution in [0.25, 0.3) is 0 Å². The number of esters is 1. The molecule has 2 N–H and O–H groups in total. The molecule has 0 aliphatic heterocycles. The van der Waals surface area contributed by atoms with Crippen LogP contribution in [0.4, 0.5) is 0 Å². The number of carbonyl (C=O) groups is 1. The van der Waals surface area contributed by atoms with Gasteiger partial charge in [0.15, 0.2) is 0 Å². The number of nitrogens with two attached hydrogens (primary N) is 1. The molecule has 84 valence electrons. The van der Waals surface area contributed by atoms with E-state index in [-0.39, 0.29) is 11.9 Å². The fourth-order valence-electron chi connectivity index (χ4n) is 1.01. The van der Waals surface area contributed by atoms with Crippen LogP contribution >= 0.6 is 0 Å². The summed E-state index contributed by atoms with van der Waals surface area (Å²) in [6, 6.07) is 0. The quantitative estimate of drug-likeness (QED) is 0.711. The van der Waals surface area contributed by atoms with Gasteiger partial charge in [-0.05, 0) is 33.6 Å². The Morgan fingerprint density at radius 1 is 1.36 bits per heavy atom. The normalized spacial score (nSPS) is 18.5. The Hall–Kier alpha value is -0.570. The molecule has 3 nitrogen and oxygen atoms in total. The Kier molecular flexibility index (Phi) is 4.13. The first-order valence-electron chi connectivity index (χ1n) is 5.13. The van der Waals surface area contributed by atoms with Crippen molar-refractivity contribution in [3.8, 4) is 0 Å². The van der Waals surface area contributed by atoms with Crippen molar-refractivity contribution >= 4 is 5.97 Å². The highest BCUT2D eigenvalue weighted by Crippen LogP contribution is 2.21. The van der Waals surface area contributed by atoms with E-state index in [4.69, 9.17) is 10.5 Å². The van der Waals surface area contributed by atoms with Crippen molar-refractivity contribution in [3.05, 3.63) is 0 Å². The van der Waals surface area contributed by atoms with Crippen LogP contribution in [0.3, 0.4) is 0 Å². The monoisotopic (exact) mass is 201 g/mol. The molecule has 3 heteroatoms. The van der Waals surface area contributed by atoms with Crippen LogP contribution in [-0.4, -0.2) is 17.1 Å². The fraction of sp³-hybridized carbons (Fsp3) is 0.909. The van der Waals surface area contributed by atoms with E-state index in [1.54, 1.807) is 6.92 Å². The predicted molar refractivity (Wildman–Crippen MR) is 57.9 cm³/mol. The minimum atomic E-state index is -0.887. The van der Waals surface area contributed by atoms with Gasteiger partial charge in [-0.2, -0.15) is 0 Å². The molecule has 0 aromatic heterocycles. The van der Waals surface area contributed by atoms with E-state index in [1.807, 2.05) is 34.6 Å². The van der Waals surface area contributed by atoms with E-state index in [0.29, 0.717) is 0 Å². The van der Waals surface area contributed by atoms with Gasteiger partial charge in [0.1, 0.15) is 11.1 Å². The first-order chi connectivity index (χ1) is 6.11. The number of hydrogen-bond acceptors (Lipinski definition) is 3. The van der Waals surface area contributed by atoms with Crippen molar-refractivity contribution in [3.63, 3.8) is 0 Å². The molecular formula is C11H23NO2. The number of rotatable bonds is 3. The molecule has 0 fully saturated rings. The summed E-state index contributed by atoms with van der Waals surface area (Å²) in [5.41, 5.74) is 4.59. The zero-order chi connectivity index (χ0) is 11.6. The molecule has 0 saturated carbocycles. The molecule has 0 spiro atoms. The van der Waals surface area contributed by atoms with Crippen molar-refractivity contribution in [2.45, 2.75) is 59.1 Å². The van der Waals surface area contributed by atoms with Gasteiger partial charge in [-0.15, -0.1) is 0 Å². The van der Waals surface area contributed by atoms with E-state index in [9.17, 15) is 4.79 Å². The largest absolute Gasteiger partial charge is 0.459 e. The van der Waals surface area contributed by atoms with Gasteiger partial charge < -0.3 is 10.5 Å². The molecule has 0 rings (SSSR count). The Bertz CT molecular complexity index is 204. The summed E-state index contributed by atoms with van der Waals surface area (Å²) in [6.07, 6.45) is 0.867.